The Hall–Kier alpha value is -2.74. The maximum Gasteiger partial charge on any atom is 0.267 e. The van der Waals surface area contributed by atoms with Crippen molar-refractivity contribution in [2.24, 2.45) is 0 Å². The van der Waals surface area contributed by atoms with Gasteiger partial charge in [0.15, 0.2) is 0 Å². The Labute approximate surface area is 131 Å². The zero-order valence-electron chi connectivity index (χ0n) is 12.5. The molecule has 3 rings (SSSR count). The predicted molar refractivity (Wildman–Crippen MR) is 88.1 cm³/mol. The second-order valence-corrected chi connectivity index (χ2v) is 5.10. The van der Waals surface area contributed by atoms with Gasteiger partial charge in [0.1, 0.15) is 11.5 Å². The van der Waals surface area contributed by atoms with Gasteiger partial charge in [0.05, 0.1) is 0 Å². The highest BCUT2D eigenvalue weighted by atomic mass is 16.7. The average molecular weight is 290 g/mol. The summed E-state index contributed by atoms with van der Waals surface area (Å²) in [7, 11) is 0. The van der Waals surface area contributed by atoms with Crippen LogP contribution in [0, 0.1) is 6.92 Å². The van der Waals surface area contributed by atoms with Crippen molar-refractivity contribution >= 4 is 0 Å². The number of ether oxygens (including phenoxy) is 2. The molecule has 0 radical (unpaired) electrons. The van der Waals surface area contributed by atoms with E-state index in [4.69, 9.17) is 9.47 Å². The number of hydrogen-bond donors (Lipinski definition) is 0. The van der Waals surface area contributed by atoms with Crippen molar-refractivity contribution in [3.63, 3.8) is 0 Å². The fourth-order valence-electron chi connectivity index (χ4n) is 2.13. The average Bonchev–Trinajstić information content (AvgIpc) is 2.57. The van der Waals surface area contributed by atoms with E-state index in [-0.39, 0.29) is 0 Å². The molecular weight excluding hydrogens is 272 g/mol. The van der Waals surface area contributed by atoms with Crippen molar-refractivity contribution in [2.45, 2.75) is 13.2 Å². The van der Waals surface area contributed by atoms with E-state index in [0.717, 1.165) is 17.1 Å². The van der Waals surface area contributed by atoms with Crippen LogP contribution in [0.2, 0.25) is 0 Å². The lowest BCUT2D eigenvalue weighted by molar-refractivity contribution is 0.00381. The van der Waals surface area contributed by atoms with E-state index in [1.54, 1.807) is 0 Å². The molecule has 0 saturated carbocycles. The molecule has 0 aliphatic rings. The fourth-order valence-corrected chi connectivity index (χ4v) is 2.13. The first-order valence-corrected chi connectivity index (χ1v) is 7.31. The van der Waals surface area contributed by atoms with Crippen LogP contribution in [0.3, 0.4) is 0 Å². The van der Waals surface area contributed by atoms with Crippen molar-refractivity contribution in [2.75, 3.05) is 0 Å². The minimum atomic E-state index is -0.481. The van der Waals surface area contributed by atoms with E-state index in [1.807, 2.05) is 72.8 Å². The molecule has 0 fully saturated rings. The van der Waals surface area contributed by atoms with Crippen LogP contribution in [0.25, 0.3) is 0 Å². The van der Waals surface area contributed by atoms with E-state index in [9.17, 15) is 0 Å². The molecular formula is C20H18O2. The molecule has 0 amide bonds. The minimum absolute atomic E-state index is 0.481. The highest BCUT2D eigenvalue weighted by molar-refractivity contribution is 5.28. The van der Waals surface area contributed by atoms with E-state index in [2.05, 4.69) is 19.1 Å². The maximum absolute atomic E-state index is 6.02. The topological polar surface area (TPSA) is 18.5 Å². The smallest absolute Gasteiger partial charge is 0.267 e. The molecule has 2 heteroatoms. The van der Waals surface area contributed by atoms with Crippen LogP contribution in [0.4, 0.5) is 0 Å². The van der Waals surface area contributed by atoms with E-state index >= 15 is 0 Å². The Morgan fingerprint density at radius 1 is 0.591 bits per heavy atom. The number of benzene rings is 3. The Morgan fingerprint density at radius 2 is 1.05 bits per heavy atom. The first-order chi connectivity index (χ1) is 10.8. The molecule has 3 aromatic rings. The van der Waals surface area contributed by atoms with E-state index in [1.165, 1.54) is 5.56 Å². The molecule has 0 bridgehead atoms. The molecule has 0 unspecified atom stereocenters. The fraction of sp³-hybridized carbons (Fsp3) is 0.100. The molecule has 0 spiro atoms. The van der Waals surface area contributed by atoms with Crippen molar-refractivity contribution in [3.8, 4) is 11.5 Å². The first-order valence-electron chi connectivity index (χ1n) is 7.31. The molecule has 22 heavy (non-hydrogen) atoms. The number of hydrogen-bond acceptors (Lipinski definition) is 2. The van der Waals surface area contributed by atoms with Gasteiger partial charge in [0.25, 0.3) is 6.29 Å². The van der Waals surface area contributed by atoms with Crippen LogP contribution in [0.5, 0.6) is 11.5 Å². The summed E-state index contributed by atoms with van der Waals surface area (Å²) < 4.78 is 12.0. The third-order valence-corrected chi connectivity index (χ3v) is 3.32. The summed E-state index contributed by atoms with van der Waals surface area (Å²) in [5, 5.41) is 0. The quantitative estimate of drug-likeness (QED) is 0.605. The lowest BCUT2D eigenvalue weighted by Crippen LogP contribution is -2.15. The van der Waals surface area contributed by atoms with Gasteiger partial charge in [0.2, 0.25) is 0 Å². The van der Waals surface area contributed by atoms with Crippen molar-refractivity contribution in [1.82, 2.24) is 0 Å². The highest BCUT2D eigenvalue weighted by Crippen LogP contribution is 2.25. The monoisotopic (exact) mass is 290 g/mol. The number of aryl methyl sites for hydroxylation is 1. The zero-order valence-corrected chi connectivity index (χ0v) is 12.5. The minimum Gasteiger partial charge on any atom is -0.451 e. The molecule has 0 aliphatic carbocycles. The van der Waals surface area contributed by atoms with Crippen molar-refractivity contribution < 1.29 is 9.47 Å². The van der Waals surface area contributed by atoms with Gasteiger partial charge in [-0.2, -0.15) is 0 Å². The second-order valence-electron chi connectivity index (χ2n) is 5.10. The maximum atomic E-state index is 6.02. The number of rotatable bonds is 5. The largest absolute Gasteiger partial charge is 0.451 e. The summed E-state index contributed by atoms with van der Waals surface area (Å²) in [5.41, 5.74) is 2.19. The van der Waals surface area contributed by atoms with Crippen LogP contribution in [-0.4, -0.2) is 0 Å². The van der Waals surface area contributed by atoms with Gasteiger partial charge < -0.3 is 9.47 Å². The Bertz CT molecular complexity index is 649. The standard InChI is InChI=1S/C20H18O2/c1-16-12-14-17(15-13-16)20(21-18-8-4-2-5-9-18)22-19-10-6-3-7-11-19/h2-15,20H,1H3. The Kier molecular flexibility index (Phi) is 4.40. The summed E-state index contributed by atoms with van der Waals surface area (Å²) in [6.07, 6.45) is -0.481. The van der Waals surface area contributed by atoms with E-state index in [0.29, 0.717) is 0 Å². The van der Waals surface area contributed by atoms with Gasteiger partial charge in [0, 0.05) is 5.56 Å². The summed E-state index contributed by atoms with van der Waals surface area (Å²) in [4.78, 5) is 0. The third kappa shape index (κ3) is 3.67. The van der Waals surface area contributed by atoms with E-state index < -0.39 is 6.29 Å². The highest BCUT2D eigenvalue weighted by Gasteiger charge is 2.15. The molecule has 0 N–H and O–H groups in total. The normalized spacial score (nSPS) is 10.5. The van der Waals surface area contributed by atoms with Gasteiger partial charge in [-0.1, -0.05) is 66.2 Å². The lowest BCUT2D eigenvalue weighted by Gasteiger charge is -2.21. The van der Waals surface area contributed by atoms with Crippen LogP contribution in [0.1, 0.15) is 17.4 Å². The molecule has 0 heterocycles. The van der Waals surface area contributed by atoms with Crippen LogP contribution < -0.4 is 9.47 Å². The molecule has 110 valence electrons. The van der Waals surface area contributed by atoms with Crippen molar-refractivity contribution in [3.05, 3.63) is 96.1 Å². The second kappa shape index (κ2) is 6.81. The Morgan fingerprint density at radius 3 is 1.50 bits per heavy atom. The third-order valence-electron chi connectivity index (χ3n) is 3.32. The Balaban J connectivity index is 1.86. The number of para-hydroxylation sites is 2. The summed E-state index contributed by atoms with van der Waals surface area (Å²) >= 11 is 0. The van der Waals surface area contributed by atoms with Crippen LogP contribution in [0.15, 0.2) is 84.9 Å². The summed E-state index contributed by atoms with van der Waals surface area (Å²) in [5.74, 6) is 1.56. The summed E-state index contributed by atoms with van der Waals surface area (Å²) in [6, 6.07) is 27.6. The molecule has 3 aromatic carbocycles. The lowest BCUT2D eigenvalue weighted by atomic mass is 10.1. The predicted octanol–water partition coefficient (Wildman–Crippen LogP) is 5.15. The molecule has 0 aromatic heterocycles. The van der Waals surface area contributed by atoms with Crippen molar-refractivity contribution in [1.29, 1.82) is 0 Å². The molecule has 0 aliphatic heterocycles. The zero-order chi connectivity index (χ0) is 15.2. The SMILES string of the molecule is Cc1ccc(C(Oc2ccccc2)Oc2ccccc2)cc1. The first kappa shape index (κ1) is 14.2. The van der Waals surface area contributed by atoms with Gasteiger partial charge in [-0.25, -0.2) is 0 Å². The van der Waals surface area contributed by atoms with Gasteiger partial charge in [-0.3, -0.25) is 0 Å². The van der Waals surface area contributed by atoms with Crippen LogP contribution in [-0.2, 0) is 0 Å². The van der Waals surface area contributed by atoms with Gasteiger partial charge in [-0.15, -0.1) is 0 Å². The summed E-state index contributed by atoms with van der Waals surface area (Å²) in [6.45, 7) is 2.06. The molecule has 0 atom stereocenters. The molecule has 0 saturated heterocycles. The van der Waals surface area contributed by atoms with Crippen LogP contribution >= 0.6 is 0 Å². The van der Waals surface area contributed by atoms with Gasteiger partial charge >= 0.3 is 0 Å². The molecule has 2 nitrogen and oxygen atoms in total. The van der Waals surface area contributed by atoms with Gasteiger partial charge in [-0.05, 0) is 31.2 Å².